The lowest BCUT2D eigenvalue weighted by molar-refractivity contribution is -0.00211. The third kappa shape index (κ3) is 5.88. The molecule has 0 fully saturated rings. The maximum absolute atomic E-state index is 8.79. The molecule has 0 saturated carbocycles. The second kappa shape index (κ2) is 10.7. The monoisotopic (exact) mass is 440 g/mol. The Kier molecular flexibility index (Phi) is 7.72. The van der Waals surface area contributed by atoms with Gasteiger partial charge in [-0.15, -0.1) is 11.3 Å². The Hall–Kier alpha value is -3.26. The fourth-order valence-electron chi connectivity index (χ4n) is 3.06. The molecule has 3 aromatic rings. The first kappa shape index (κ1) is 22.4. The molecule has 0 aliphatic carbocycles. The lowest BCUT2D eigenvalue weighted by Gasteiger charge is -2.21. The highest BCUT2D eigenvalue weighted by molar-refractivity contribution is 7.16. The number of thiazole rings is 1. The molecule has 0 radical (unpaired) electrons. The van der Waals surface area contributed by atoms with Gasteiger partial charge in [-0.25, -0.2) is 4.98 Å². The van der Waals surface area contributed by atoms with Crippen molar-refractivity contribution in [2.75, 3.05) is 12.4 Å². The van der Waals surface area contributed by atoms with Crippen molar-refractivity contribution in [1.29, 1.82) is 0 Å². The fourth-order valence-corrected chi connectivity index (χ4v) is 3.86. The molecule has 1 heterocycles. The van der Waals surface area contributed by atoms with E-state index >= 15 is 0 Å². The molecule has 0 spiro atoms. The molecule has 0 aliphatic heterocycles. The average Bonchev–Trinajstić information content (AvgIpc) is 3.18. The number of nitrogens with zero attached hydrogens (tertiary/aromatic N) is 2. The zero-order chi connectivity index (χ0) is 22.2. The molecule has 4 N–H and O–H groups in total. The summed E-state index contributed by atoms with van der Waals surface area (Å²) < 4.78 is 12.2. The number of hydrogen-bond donors (Lipinski definition) is 3. The Morgan fingerprint density at radius 3 is 2.29 bits per heavy atom. The number of ether oxygens (including phenoxy) is 2. The van der Waals surface area contributed by atoms with Crippen LogP contribution in [0.15, 0.2) is 53.7 Å². The number of aryl methyl sites for hydroxylation is 1. The van der Waals surface area contributed by atoms with Crippen molar-refractivity contribution in [2.24, 2.45) is 10.9 Å². The van der Waals surface area contributed by atoms with E-state index in [0.29, 0.717) is 11.3 Å². The first-order valence-electron chi connectivity index (χ1n) is 10.2. The van der Waals surface area contributed by atoms with Crippen LogP contribution in [-0.2, 0) is 0 Å². The van der Waals surface area contributed by atoms with E-state index in [-0.39, 0.29) is 5.84 Å². The molecule has 0 bridgehead atoms. The number of nitrogens with two attached hydrogens (primary N) is 1. The number of amidine groups is 1. The van der Waals surface area contributed by atoms with Crippen molar-refractivity contribution in [2.45, 2.75) is 39.4 Å². The van der Waals surface area contributed by atoms with Crippen LogP contribution in [0.4, 0.5) is 5.00 Å². The molecule has 1 atom stereocenters. The van der Waals surface area contributed by atoms with E-state index in [2.05, 4.69) is 22.4 Å². The molecule has 1 unspecified atom stereocenters. The van der Waals surface area contributed by atoms with Gasteiger partial charge in [0.15, 0.2) is 5.84 Å². The molecule has 0 amide bonds. The van der Waals surface area contributed by atoms with Crippen molar-refractivity contribution in [3.05, 3.63) is 59.1 Å². The maximum atomic E-state index is 8.79. The molecular weight excluding hydrogens is 412 g/mol. The Labute approximate surface area is 186 Å². The summed E-state index contributed by atoms with van der Waals surface area (Å²) in [6.45, 7) is 4.13. The first-order valence-corrected chi connectivity index (χ1v) is 11.0. The van der Waals surface area contributed by atoms with Crippen molar-refractivity contribution >= 4 is 22.2 Å². The van der Waals surface area contributed by atoms with E-state index in [0.717, 1.165) is 46.3 Å². The van der Waals surface area contributed by atoms with Crippen LogP contribution < -0.4 is 20.5 Å². The van der Waals surface area contributed by atoms with Crippen LogP contribution in [0.3, 0.4) is 0 Å². The summed E-state index contributed by atoms with van der Waals surface area (Å²) in [6.07, 6.45) is 2.36. The van der Waals surface area contributed by atoms with E-state index in [1.54, 1.807) is 35.6 Å². The van der Waals surface area contributed by atoms with Gasteiger partial charge in [0.2, 0.25) is 6.29 Å². The number of rotatable bonds is 10. The lowest BCUT2D eigenvalue weighted by atomic mass is 10.1. The van der Waals surface area contributed by atoms with Gasteiger partial charge in [-0.05, 0) is 61.9 Å². The van der Waals surface area contributed by atoms with Gasteiger partial charge in [-0.3, -0.25) is 0 Å². The van der Waals surface area contributed by atoms with E-state index in [9.17, 15) is 0 Å². The minimum atomic E-state index is -0.421. The molecular formula is C23H28N4O3S. The van der Waals surface area contributed by atoms with E-state index in [1.165, 1.54) is 0 Å². The minimum absolute atomic E-state index is 0.0576. The van der Waals surface area contributed by atoms with Gasteiger partial charge >= 0.3 is 0 Å². The van der Waals surface area contributed by atoms with E-state index < -0.39 is 6.29 Å². The molecule has 8 heteroatoms. The SMILES string of the molecule is CCCCC(Oc1ccc(C(N)=NO)cc1)Oc1ccc(-c2nc(C)sc2NC)cc1. The molecule has 0 aliphatic rings. The summed E-state index contributed by atoms with van der Waals surface area (Å²) in [7, 11) is 1.90. The summed E-state index contributed by atoms with van der Waals surface area (Å²) in [5.74, 6) is 1.45. The maximum Gasteiger partial charge on any atom is 0.241 e. The van der Waals surface area contributed by atoms with Gasteiger partial charge < -0.3 is 25.7 Å². The van der Waals surface area contributed by atoms with E-state index in [4.69, 9.17) is 20.4 Å². The van der Waals surface area contributed by atoms with Crippen molar-refractivity contribution in [3.63, 3.8) is 0 Å². The number of aromatic nitrogens is 1. The van der Waals surface area contributed by atoms with Crippen molar-refractivity contribution < 1.29 is 14.7 Å². The van der Waals surface area contributed by atoms with Crippen LogP contribution in [0, 0.1) is 6.92 Å². The number of anilines is 1. The van der Waals surface area contributed by atoms with Crippen LogP contribution >= 0.6 is 11.3 Å². The third-order valence-corrected chi connectivity index (χ3v) is 5.66. The highest BCUT2D eigenvalue weighted by Gasteiger charge is 2.14. The molecule has 2 aromatic carbocycles. The zero-order valence-corrected chi connectivity index (χ0v) is 18.8. The number of benzene rings is 2. The zero-order valence-electron chi connectivity index (χ0n) is 18.0. The molecule has 3 rings (SSSR count). The number of hydrogen-bond acceptors (Lipinski definition) is 7. The minimum Gasteiger partial charge on any atom is -0.455 e. The predicted molar refractivity (Wildman–Crippen MR) is 125 cm³/mol. The highest BCUT2D eigenvalue weighted by atomic mass is 32.1. The smallest absolute Gasteiger partial charge is 0.241 e. The average molecular weight is 441 g/mol. The Balaban J connectivity index is 1.71. The third-order valence-electron chi connectivity index (χ3n) is 4.68. The predicted octanol–water partition coefficient (Wildman–Crippen LogP) is 5.23. The van der Waals surface area contributed by atoms with Crippen LogP contribution in [-0.4, -0.2) is 29.4 Å². The van der Waals surface area contributed by atoms with Crippen molar-refractivity contribution in [3.8, 4) is 22.8 Å². The van der Waals surface area contributed by atoms with E-state index in [1.807, 2.05) is 38.2 Å². The summed E-state index contributed by atoms with van der Waals surface area (Å²) in [5.41, 5.74) is 8.21. The summed E-state index contributed by atoms with van der Waals surface area (Å²) in [4.78, 5) is 4.62. The Bertz CT molecular complexity index is 1000. The van der Waals surface area contributed by atoms with Gasteiger partial charge in [0.05, 0.1) is 5.01 Å². The highest BCUT2D eigenvalue weighted by Crippen LogP contribution is 2.33. The van der Waals surface area contributed by atoms with Crippen LogP contribution in [0.1, 0.15) is 36.8 Å². The van der Waals surface area contributed by atoms with Gasteiger partial charge in [0.1, 0.15) is 22.2 Å². The summed E-state index contributed by atoms with van der Waals surface area (Å²) >= 11 is 1.64. The molecule has 0 saturated heterocycles. The molecule has 164 valence electrons. The van der Waals surface area contributed by atoms with Gasteiger partial charge in [0.25, 0.3) is 0 Å². The van der Waals surface area contributed by atoms with Crippen molar-refractivity contribution in [1.82, 2.24) is 4.98 Å². The Morgan fingerprint density at radius 2 is 1.74 bits per heavy atom. The summed E-state index contributed by atoms with van der Waals surface area (Å²) in [5, 5.41) is 17.1. The quantitative estimate of drug-likeness (QED) is 0.131. The Morgan fingerprint density at radius 1 is 1.13 bits per heavy atom. The number of unbranched alkanes of at least 4 members (excludes halogenated alkanes) is 1. The fraction of sp³-hybridized carbons (Fsp3) is 0.304. The van der Waals surface area contributed by atoms with Crippen LogP contribution in [0.2, 0.25) is 0 Å². The normalized spacial score (nSPS) is 12.4. The second-order valence-corrected chi connectivity index (χ2v) is 8.21. The lowest BCUT2D eigenvalue weighted by Crippen LogP contribution is -2.24. The number of nitrogens with one attached hydrogen (secondary N) is 1. The van der Waals surface area contributed by atoms with Crippen LogP contribution in [0.25, 0.3) is 11.3 Å². The molecule has 7 nitrogen and oxygen atoms in total. The largest absolute Gasteiger partial charge is 0.455 e. The first-order chi connectivity index (χ1) is 15.0. The van der Waals surface area contributed by atoms with Crippen LogP contribution in [0.5, 0.6) is 11.5 Å². The number of oxime groups is 1. The standard InChI is InChI=1S/C23H28N4O3S/c1-4-5-6-20(30-19-13-9-17(10-14-19)22(24)27-28)29-18-11-7-16(8-12-18)21-23(25-3)31-15(2)26-21/h7-14,20,25,28H,4-6H2,1-3H3,(H2,24,27). The van der Waals surface area contributed by atoms with Gasteiger partial charge in [-0.2, -0.15) is 0 Å². The van der Waals surface area contributed by atoms with Gasteiger partial charge in [-0.1, -0.05) is 18.5 Å². The summed E-state index contributed by atoms with van der Waals surface area (Å²) in [6, 6.07) is 14.9. The molecule has 31 heavy (non-hydrogen) atoms. The topological polar surface area (TPSA) is 102 Å². The van der Waals surface area contributed by atoms with Gasteiger partial charge in [0, 0.05) is 24.6 Å². The molecule has 1 aromatic heterocycles. The second-order valence-electron chi connectivity index (χ2n) is 7.00.